The topological polar surface area (TPSA) is 555 Å². The molecule has 3 aromatic carbocycles. The van der Waals surface area contributed by atoms with E-state index in [0.29, 0.717) is 196 Å². The number of piperazine rings is 3. The maximum Gasteiger partial charge on any atom is 1.00 e. The van der Waals surface area contributed by atoms with Crippen molar-refractivity contribution >= 4 is 124 Å². The molecular weight excluding hydrogens is 2200 g/mol. The van der Waals surface area contributed by atoms with Crippen molar-refractivity contribution in [3.63, 3.8) is 0 Å². The third-order valence-corrected chi connectivity index (χ3v) is 26.4. The van der Waals surface area contributed by atoms with Crippen LogP contribution in [0.15, 0.2) is 83.7 Å². The summed E-state index contributed by atoms with van der Waals surface area (Å²) >= 11 is 1.93. The second-order valence-corrected chi connectivity index (χ2v) is 41.9. The molecule has 0 spiro atoms. The van der Waals surface area contributed by atoms with Gasteiger partial charge in [0.1, 0.15) is 55.9 Å². The van der Waals surface area contributed by atoms with E-state index in [1.165, 1.54) is 51.2 Å². The Morgan fingerprint density at radius 1 is 0.434 bits per heavy atom. The number of hydrogen-bond donors (Lipinski definition) is 3. The zero-order chi connectivity index (χ0) is 99.9. The van der Waals surface area contributed by atoms with Crippen molar-refractivity contribution in [2.24, 2.45) is 21.1 Å². The maximum absolute atomic E-state index is 13.7. The largest absolute Gasteiger partial charge is 1.00 e. The molecule has 762 valence electrons. The van der Waals surface area contributed by atoms with Gasteiger partial charge in [-0.15, -0.1) is 0 Å². The number of ether oxygens (including phenoxy) is 9. The number of nitrogens with one attached hydrogen (secondary N) is 3. The van der Waals surface area contributed by atoms with Crippen LogP contribution in [0.3, 0.4) is 0 Å². The summed E-state index contributed by atoms with van der Waals surface area (Å²) in [5.41, 5.74) is 4.83. The molecule has 0 amide bonds. The quantitative estimate of drug-likeness (QED) is 0.0113. The number of benzene rings is 3. The monoisotopic (exact) mass is 2320 g/mol. The van der Waals surface area contributed by atoms with Gasteiger partial charge in [-0.05, 0) is 166 Å². The van der Waals surface area contributed by atoms with Gasteiger partial charge in [-0.3, -0.25) is 37.4 Å². The maximum atomic E-state index is 13.7. The molecule has 3 saturated heterocycles. The molecule has 9 aromatic rings. The third kappa shape index (κ3) is 33.4. The van der Waals surface area contributed by atoms with E-state index >= 15 is 0 Å². The molecule has 0 radical (unpaired) electrons. The number of rotatable bonds is 29. The summed E-state index contributed by atoms with van der Waals surface area (Å²) in [5.74, 6) is 1.95. The number of aryl methyl sites for hydroxylation is 6. The van der Waals surface area contributed by atoms with Gasteiger partial charge in [0.05, 0.1) is 173 Å². The molecule has 136 heavy (non-hydrogen) atoms. The van der Waals surface area contributed by atoms with E-state index in [1.54, 1.807) is 93.0 Å². The zero-order valence-corrected chi connectivity index (χ0v) is 89.6. The summed E-state index contributed by atoms with van der Waals surface area (Å²) in [6, 6.07) is 13.9. The first-order chi connectivity index (χ1) is 62.7. The van der Waals surface area contributed by atoms with Crippen LogP contribution >= 0.6 is 22.6 Å². The van der Waals surface area contributed by atoms with E-state index in [4.69, 9.17) is 74.1 Å². The van der Waals surface area contributed by atoms with Crippen LogP contribution in [0, 0.1) is 0 Å². The SMILES string of the molecule is CC(C)OC(=O)OCI.CCCc1nn(C)c2c(=O)[nH]c(-c3cc(S(=O)(=O)N4CCN(C)CC4)ccc3OCC)nc12.CCCc1nn(C)c2c(=O)[nH]c(-c3cc(S(=O)(=O)N4CC[N+](C)(COC(=O)OC(C)C)CC4)ccc3OCC)nc12.CCCc1nn(C)c2c(=O)[nH]c(-c3cc(S(=O)(=O)N4CC[N+](C)(COC(=O)OC(C)C)CC4)ccc3OCC)nc12.CS(=O)(=O)[O-].CS(=O)(=O)[O-].[Ag+].[I-]. The first-order valence-corrected chi connectivity index (χ1v) is 52.6. The van der Waals surface area contributed by atoms with Gasteiger partial charge >= 0.3 is 40.8 Å². The molecule has 3 aliphatic rings. The second kappa shape index (κ2) is 52.2. The summed E-state index contributed by atoms with van der Waals surface area (Å²) in [6.45, 7) is 28.3. The normalized spacial score (nSPS) is 14.8. The third-order valence-electron chi connectivity index (χ3n) is 20.4. The number of carbonyl (C=O) groups excluding carboxylic acids is 3. The van der Waals surface area contributed by atoms with Gasteiger partial charge in [-0.25, -0.2) is 71.4 Å². The average molecular weight is 2330 g/mol. The van der Waals surface area contributed by atoms with Gasteiger partial charge in [0.2, 0.25) is 43.5 Å². The molecule has 12 rings (SSSR count). The Bertz CT molecular complexity index is 6090. The van der Waals surface area contributed by atoms with E-state index in [0.717, 1.165) is 25.0 Å². The number of H-pyrrole nitrogens is 3. The molecule has 3 fully saturated rings. The van der Waals surface area contributed by atoms with Crippen LogP contribution in [0.2, 0.25) is 0 Å². The zero-order valence-electron chi connectivity index (χ0n) is 79.7. The Kier molecular flexibility index (Phi) is 45.3. The van der Waals surface area contributed by atoms with Crippen molar-refractivity contribution in [1.82, 2.24) is 77.1 Å². The van der Waals surface area contributed by atoms with Crippen LogP contribution in [-0.2, 0) is 142 Å². The van der Waals surface area contributed by atoms with Crippen LogP contribution < -0.4 is 54.9 Å². The van der Waals surface area contributed by atoms with Crippen LogP contribution in [0.25, 0.3) is 67.3 Å². The minimum Gasteiger partial charge on any atom is -1.00 e. The Hall–Kier alpha value is -8.45. The molecule has 0 saturated carbocycles. The first-order valence-electron chi connectivity index (χ1n) is 43.1. The molecule has 0 bridgehead atoms. The van der Waals surface area contributed by atoms with Gasteiger partial charge in [0, 0.05) is 59.8 Å². The predicted octanol–water partition coefficient (Wildman–Crippen LogP) is 4.17. The summed E-state index contributed by atoms with van der Waals surface area (Å²) in [4.78, 5) is 97.9. The van der Waals surface area contributed by atoms with Gasteiger partial charge in [-0.1, -0.05) is 40.0 Å². The van der Waals surface area contributed by atoms with Crippen molar-refractivity contribution in [1.29, 1.82) is 0 Å². The predicted molar refractivity (Wildman–Crippen MR) is 503 cm³/mol. The number of nitrogens with zero attached hydrogens (tertiary/aromatic N) is 15. The number of aromatic amines is 3. The number of quaternary nitrogens is 2. The molecular formula is C83H123AgI2N18O27S5. The van der Waals surface area contributed by atoms with Crippen molar-refractivity contribution in [2.75, 3.05) is 150 Å². The van der Waals surface area contributed by atoms with E-state index < -0.39 is 68.8 Å². The number of halogens is 2. The van der Waals surface area contributed by atoms with E-state index in [-0.39, 0.29) is 153 Å². The summed E-state index contributed by atoms with van der Waals surface area (Å²) < 4.78 is 193. The second-order valence-electron chi connectivity index (χ2n) is 32.7. The van der Waals surface area contributed by atoms with E-state index in [9.17, 15) is 54.0 Å². The minimum atomic E-state index is -3.92. The summed E-state index contributed by atoms with van der Waals surface area (Å²) in [7, 11) is -8.41. The molecule has 0 atom stereocenters. The number of likely N-dealkylation sites (N-methyl/N-ethyl adjacent to an activating group) is 3. The number of fused-ring (bicyclic) bond motifs is 3. The number of sulfonamides is 3. The molecule has 45 nitrogen and oxygen atoms in total. The first kappa shape index (κ1) is 118. The van der Waals surface area contributed by atoms with Gasteiger partial charge < -0.3 is 95.6 Å². The minimum absolute atomic E-state index is 0. The van der Waals surface area contributed by atoms with Gasteiger partial charge in [0.25, 0.3) is 16.7 Å². The molecule has 6 aromatic heterocycles. The fourth-order valence-corrected chi connectivity index (χ4v) is 18.6. The standard InChI is InChI=1S/2C27H38N6O7S.C22H30N6O4S.C5H9IO3.2CH4O3S.Ag.HI/c2*1-7-9-21-23-24(31(5)30-21)26(34)29-25(28-23)20-16-19(10-11-22(20)38-8-2)41(36,37)32-12-14-33(6,15-13-32)17-39-27(35)40-18(3)4;1-5-7-17-19-20(27(4)25-17)22(29)24-21(23-19)16-14-15(8-9-18(16)32-6-2)33(30,31)28-12-10-26(3)11-13-28;1-4(2)9-5(7)8-3-6;2*1-5(2,3)4;;/h2*10-11,16,18H,7-9,12-15,17H2,1-6H3;8-9,14H,5-7,10-13H2,1-4H3,(H,23,24,29);4H,3H2,1-2H3;2*1H3,(H,2,3,4);;1H/q;;;;;;+1;/p-1. The van der Waals surface area contributed by atoms with Crippen LogP contribution in [0.5, 0.6) is 17.2 Å². The fraction of sp³-hybridized carbons (Fsp3) is 0.566. The Morgan fingerprint density at radius 3 is 0.919 bits per heavy atom. The van der Waals surface area contributed by atoms with Crippen LogP contribution in [0.4, 0.5) is 14.4 Å². The number of aromatic nitrogens is 12. The molecule has 53 heteroatoms. The van der Waals surface area contributed by atoms with Crippen molar-refractivity contribution in [3.8, 4) is 51.4 Å². The Labute approximate surface area is 838 Å². The molecule has 9 heterocycles. The summed E-state index contributed by atoms with van der Waals surface area (Å²) in [5, 5.41) is 13.4. The van der Waals surface area contributed by atoms with Gasteiger partial charge in [-0.2, -0.15) is 28.2 Å². The average Bonchev–Trinajstić information content (AvgIpc) is 1.51. The Balaban J connectivity index is 0.000000327. The molecule has 0 aliphatic carbocycles. The molecule has 0 unspecified atom stereocenters. The van der Waals surface area contributed by atoms with Crippen LogP contribution in [-0.4, -0.2) is 324 Å². The Morgan fingerprint density at radius 2 is 0.684 bits per heavy atom. The molecule has 3 N–H and O–H groups in total. The number of carbonyl (C=O) groups is 3. The van der Waals surface area contributed by atoms with Crippen molar-refractivity contribution < 1.29 is 164 Å². The van der Waals surface area contributed by atoms with E-state index in [1.807, 2.05) is 85.3 Å². The summed E-state index contributed by atoms with van der Waals surface area (Å²) in [6.07, 6.45) is 2.96. The van der Waals surface area contributed by atoms with E-state index in [2.05, 4.69) is 44.6 Å². The van der Waals surface area contributed by atoms with Crippen molar-refractivity contribution in [2.45, 2.75) is 155 Å². The smallest absolute Gasteiger partial charge is 1.00 e. The van der Waals surface area contributed by atoms with Crippen molar-refractivity contribution in [3.05, 3.63) is 103 Å². The van der Waals surface area contributed by atoms with Gasteiger partial charge in [0.15, 0.2) is 16.6 Å². The number of hydrogen-bond acceptors (Lipinski definition) is 34. The number of alkyl halides is 1. The molecule has 3 aliphatic heterocycles. The van der Waals surface area contributed by atoms with Crippen LogP contribution in [0.1, 0.15) is 119 Å². The fourth-order valence-electron chi connectivity index (χ4n) is 14.0.